The van der Waals surface area contributed by atoms with Gasteiger partial charge in [-0.1, -0.05) is 30.3 Å². The summed E-state index contributed by atoms with van der Waals surface area (Å²) in [5.41, 5.74) is 2.38. The zero-order valence-electron chi connectivity index (χ0n) is 16.6. The van der Waals surface area contributed by atoms with Gasteiger partial charge in [0.15, 0.2) is 0 Å². The molecule has 2 atom stereocenters. The fourth-order valence-corrected chi connectivity index (χ4v) is 4.19. The molecule has 0 bridgehead atoms. The number of aromatic nitrogens is 2. The van der Waals surface area contributed by atoms with Crippen LogP contribution in [0.15, 0.2) is 59.4 Å². The molecule has 1 N–H and O–H groups in total. The molecule has 1 fully saturated rings. The maximum atomic E-state index is 14.6. The van der Waals surface area contributed by atoms with Crippen LogP contribution in [0.3, 0.4) is 0 Å². The van der Waals surface area contributed by atoms with Gasteiger partial charge in [0.1, 0.15) is 17.4 Å². The van der Waals surface area contributed by atoms with E-state index < -0.39 is 0 Å². The minimum atomic E-state index is -0.213. The topological polar surface area (TPSA) is 58.2 Å². The monoisotopic (exact) mass is 393 g/mol. The smallest absolute Gasteiger partial charge is 0.251 e. The lowest BCUT2D eigenvalue weighted by Gasteiger charge is -2.19. The SMILES string of the molecule is COc1ccc(CN2C[C@@H](c3cc(=O)[nH]c(C)n3)[C@H](c3ccccc3F)C2)cc1. The molecule has 1 aliphatic rings. The van der Waals surface area contributed by atoms with Crippen LogP contribution in [0.25, 0.3) is 0 Å². The van der Waals surface area contributed by atoms with Crippen LogP contribution >= 0.6 is 0 Å². The van der Waals surface area contributed by atoms with Crippen molar-refractivity contribution in [1.82, 2.24) is 14.9 Å². The summed E-state index contributed by atoms with van der Waals surface area (Å²) in [6.45, 7) is 3.92. The lowest BCUT2D eigenvalue weighted by Crippen LogP contribution is -2.20. The van der Waals surface area contributed by atoms with E-state index in [0.29, 0.717) is 24.5 Å². The Morgan fingerprint density at radius 3 is 2.55 bits per heavy atom. The normalized spacial score (nSPS) is 19.4. The maximum absolute atomic E-state index is 14.6. The van der Waals surface area contributed by atoms with Crippen molar-refractivity contribution in [3.8, 4) is 5.75 Å². The Morgan fingerprint density at radius 2 is 1.86 bits per heavy atom. The van der Waals surface area contributed by atoms with Crippen LogP contribution < -0.4 is 10.3 Å². The number of H-pyrrole nitrogens is 1. The van der Waals surface area contributed by atoms with Gasteiger partial charge in [-0.25, -0.2) is 9.37 Å². The third-order valence-electron chi connectivity index (χ3n) is 5.53. The van der Waals surface area contributed by atoms with Crippen molar-refractivity contribution in [2.75, 3.05) is 20.2 Å². The predicted octanol–water partition coefficient (Wildman–Crippen LogP) is 3.61. The first kappa shape index (κ1) is 19.3. The van der Waals surface area contributed by atoms with Gasteiger partial charge in [0.25, 0.3) is 5.56 Å². The van der Waals surface area contributed by atoms with Gasteiger partial charge in [-0.3, -0.25) is 9.69 Å². The molecule has 0 amide bonds. The molecule has 0 aliphatic carbocycles. The summed E-state index contributed by atoms with van der Waals surface area (Å²) in [6, 6.07) is 16.4. The van der Waals surface area contributed by atoms with Gasteiger partial charge in [0.2, 0.25) is 0 Å². The van der Waals surface area contributed by atoms with Crippen LogP contribution in [-0.4, -0.2) is 35.1 Å². The molecule has 1 aromatic heterocycles. The number of nitrogens with zero attached hydrogens (tertiary/aromatic N) is 2. The lowest BCUT2D eigenvalue weighted by atomic mass is 9.86. The van der Waals surface area contributed by atoms with E-state index in [1.54, 1.807) is 26.2 Å². The van der Waals surface area contributed by atoms with Gasteiger partial charge in [-0.15, -0.1) is 0 Å². The van der Waals surface area contributed by atoms with Gasteiger partial charge in [-0.2, -0.15) is 0 Å². The number of likely N-dealkylation sites (tertiary alicyclic amines) is 1. The van der Waals surface area contributed by atoms with Crippen molar-refractivity contribution < 1.29 is 9.13 Å². The number of rotatable bonds is 5. The number of hydrogen-bond donors (Lipinski definition) is 1. The average molecular weight is 393 g/mol. The largest absolute Gasteiger partial charge is 0.497 e. The quantitative estimate of drug-likeness (QED) is 0.720. The van der Waals surface area contributed by atoms with E-state index in [1.165, 1.54) is 6.07 Å². The number of aromatic amines is 1. The Bertz CT molecular complexity index is 1050. The molecular formula is C23H24FN3O2. The Labute approximate surface area is 169 Å². The molecule has 0 unspecified atom stereocenters. The molecule has 2 heterocycles. The second-order valence-electron chi connectivity index (χ2n) is 7.53. The molecule has 150 valence electrons. The molecule has 4 rings (SSSR count). The molecule has 29 heavy (non-hydrogen) atoms. The van der Waals surface area contributed by atoms with Crippen LogP contribution in [0.2, 0.25) is 0 Å². The molecule has 5 nitrogen and oxygen atoms in total. The summed E-state index contributed by atoms with van der Waals surface area (Å²) in [6.07, 6.45) is 0. The van der Waals surface area contributed by atoms with E-state index >= 15 is 0 Å². The predicted molar refractivity (Wildman–Crippen MR) is 110 cm³/mol. The van der Waals surface area contributed by atoms with Crippen LogP contribution in [0.1, 0.15) is 34.5 Å². The van der Waals surface area contributed by atoms with Gasteiger partial charge < -0.3 is 9.72 Å². The van der Waals surface area contributed by atoms with Crippen LogP contribution in [-0.2, 0) is 6.54 Å². The number of ether oxygens (including phenoxy) is 1. The first-order chi connectivity index (χ1) is 14.0. The van der Waals surface area contributed by atoms with E-state index in [9.17, 15) is 9.18 Å². The Hall–Kier alpha value is -2.99. The van der Waals surface area contributed by atoms with Crippen molar-refractivity contribution in [2.45, 2.75) is 25.3 Å². The van der Waals surface area contributed by atoms with E-state index in [2.05, 4.69) is 14.9 Å². The summed E-state index contributed by atoms with van der Waals surface area (Å²) < 4.78 is 19.8. The summed E-state index contributed by atoms with van der Waals surface area (Å²) in [4.78, 5) is 21.6. The number of aryl methyl sites for hydroxylation is 1. The highest BCUT2D eigenvalue weighted by molar-refractivity contribution is 5.31. The molecule has 6 heteroatoms. The first-order valence-electron chi connectivity index (χ1n) is 9.71. The Kier molecular flexibility index (Phi) is 5.45. The molecule has 0 saturated carbocycles. The number of halogens is 1. The van der Waals surface area contributed by atoms with Crippen LogP contribution in [0.5, 0.6) is 5.75 Å². The lowest BCUT2D eigenvalue weighted by molar-refractivity contribution is 0.322. The van der Waals surface area contributed by atoms with Gasteiger partial charge in [0, 0.05) is 37.5 Å². The minimum Gasteiger partial charge on any atom is -0.497 e. The fraction of sp³-hybridized carbons (Fsp3) is 0.304. The van der Waals surface area contributed by atoms with E-state index in [4.69, 9.17) is 4.74 Å². The van der Waals surface area contributed by atoms with Crippen molar-refractivity contribution in [3.05, 3.63) is 93.4 Å². The number of benzene rings is 2. The molecule has 3 aromatic rings. The second kappa shape index (κ2) is 8.17. The van der Waals surface area contributed by atoms with E-state index in [-0.39, 0.29) is 23.2 Å². The van der Waals surface area contributed by atoms with Crippen molar-refractivity contribution in [1.29, 1.82) is 0 Å². The van der Waals surface area contributed by atoms with Gasteiger partial charge in [-0.05, 0) is 36.2 Å². The zero-order chi connectivity index (χ0) is 20.4. The Balaban J connectivity index is 1.65. The minimum absolute atomic E-state index is 0.0499. The highest BCUT2D eigenvalue weighted by Gasteiger charge is 2.37. The number of methoxy groups -OCH3 is 1. The average Bonchev–Trinajstić information content (AvgIpc) is 3.12. The molecule has 1 saturated heterocycles. The first-order valence-corrected chi connectivity index (χ1v) is 9.71. The highest BCUT2D eigenvalue weighted by atomic mass is 19.1. The second-order valence-corrected chi connectivity index (χ2v) is 7.53. The molecule has 0 radical (unpaired) electrons. The van der Waals surface area contributed by atoms with Gasteiger partial charge >= 0.3 is 0 Å². The van der Waals surface area contributed by atoms with Crippen LogP contribution in [0, 0.1) is 12.7 Å². The maximum Gasteiger partial charge on any atom is 0.251 e. The zero-order valence-corrected chi connectivity index (χ0v) is 16.6. The molecule has 2 aromatic carbocycles. The van der Waals surface area contributed by atoms with Crippen molar-refractivity contribution >= 4 is 0 Å². The number of hydrogen-bond acceptors (Lipinski definition) is 4. The Morgan fingerprint density at radius 1 is 1.14 bits per heavy atom. The number of nitrogens with one attached hydrogen (secondary N) is 1. The summed E-state index contributed by atoms with van der Waals surface area (Å²) in [5.74, 6) is 1.07. The van der Waals surface area contributed by atoms with Crippen LogP contribution in [0.4, 0.5) is 4.39 Å². The van der Waals surface area contributed by atoms with E-state index in [0.717, 1.165) is 23.6 Å². The fourth-order valence-electron chi connectivity index (χ4n) is 4.19. The highest BCUT2D eigenvalue weighted by Crippen LogP contribution is 2.40. The summed E-state index contributed by atoms with van der Waals surface area (Å²) in [7, 11) is 1.65. The van der Waals surface area contributed by atoms with Crippen molar-refractivity contribution in [2.24, 2.45) is 0 Å². The summed E-state index contributed by atoms with van der Waals surface area (Å²) >= 11 is 0. The molecular weight excluding hydrogens is 369 g/mol. The molecule has 0 spiro atoms. The summed E-state index contributed by atoms with van der Waals surface area (Å²) in [5, 5.41) is 0. The standard InChI is InChI=1S/C23H24FN3O2/c1-15-25-22(11-23(28)26-15)20-14-27(12-16-7-9-17(29-2)10-8-16)13-19(20)18-5-3-4-6-21(18)24/h3-11,19-20H,12-14H2,1-2H3,(H,25,26,28)/t19-,20+/m0/s1. The van der Waals surface area contributed by atoms with Gasteiger partial charge in [0.05, 0.1) is 12.8 Å². The van der Waals surface area contributed by atoms with E-state index in [1.807, 2.05) is 36.4 Å². The van der Waals surface area contributed by atoms with Crippen molar-refractivity contribution in [3.63, 3.8) is 0 Å². The third-order valence-corrected chi connectivity index (χ3v) is 5.53. The molecule has 1 aliphatic heterocycles. The third kappa shape index (κ3) is 4.22.